The molecule has 0 saturated carbocycles. The summed E-state index contributed by atoms with van der Waals surface area (Å²) < 4.78 is 19.7. The van der Waals surface area contributed by atoms with Crippen LogP contribution in [0.15, 0.2) is 47.7 Å². The molecule has 0 bridgehead atoms. The molecule has 1 aromatic heterocycles. The largest absolute Gasteiger partial charge is 0.441 e. The normalized spacial score (nSPS) is 19.3. The Balaban J connectivity index is 1.44. The molecule has 1 amide bonds. The number of pyridine rings is 1. The van der Waals surface area contributed by atoms with E-state index in [-0.39, 0.29) is 13.2 Å². The highest BCUT2D eigenvalue weighted by atomic mass is 19.1. The molecular formula is C19H20FN5O3. The Morgan fingerprint density at radius 1 is 1.25 bits per heavy atom. The van der Waals surface area contributed by atoms with Crippen LogP contribution in [-0.2, 0) is 11.3 Å². The molecule has 0 unspecified atom stereocenters. The summed E-state index contributed by atoms with van der Waals surface area (Å²) >= 11 is 0. The quantitative estimate of drug-likeness (QED) is 0.845. The minimum absolute atomic E-state index is 0.196. The molecule has 2 aliphatic rings. The van der Waals surface area contributed by atoms with E-state index in [0.29, 0.717) is 31.0 Å². The number of ether oxygens (including phenoxy) is 1. The van der Waals surface area contributed by atoms with Crippen LogP contribution in [0.5, 0.6) is 0 Å². The predicted octanol–water partition coefficient (Wildman–Crippen LogP) is 1.80. The topological polar surface area (TPSA) is 81.5 Å². The van der Waals surface area contributed by atoms with Crippen LogP contribution >= 0.6 is 0 Å². The summed E-state index contributed by atoms with van der Waals surface area (Å²) in [6.07, 6.45) is 2.16. The lowest BCUT2D eigenvalue weighted by molar-refractivity contribution is 0.0963. The Kier molecular flexibility index (Phi) is 5.07. The van der Waals surface area contributed by atoms with Crippen molar-refractivity contribution in [1.82, 2.24) is 9.99 Å². The van der Waals surface area contributed by atoms with Crippen molar-refractivity contribution < 1.29 is 19.0 Å². The molecule has 1 aromatic carbocycles. The van der Waals surface area contributed by atoms with Gasteiger partial charge in [0.05, 0.1) is 43.3 Å². The van der Waals surface area contributed by atoms with Gasteiger partial charge >= 0.3 is 6.09 Å². The number of anilines is 2. The maximum Gasteiger partial charge on any atom is 0.414 e. The number of hydrogen-bond donors (Lipinski definition) is 1. The number of aliphatic hydroxyl groups is 1. The Morgan fingerprint density at radius 2 is 2.14 bits per heavy atom. The fraction of sp³-hybridized carbons (Fsp3) is 0.316. The van der Waals surface area contributed by atoms with Crippen molar-refractivity contribution in [2.45, 2.75) is 12.6 Å². The van der Waals surface area contributed by atoms with Crippen molar-refractivity contribution in [3.63, 3.8) is 0 Å². The molecule has 1 atom stereocenters. The van der Waals surface area contributed by atoms with Gasteiger partial charge in [0.1, 0.15) is 18.3 Å². The number of rotatable bonds is 5. The van der Waals surface area contributed by atoms with Crippen LogP contribution in [0.3, 0.4) is 0 Å². The zero-order chi connectivity index (χ0) is 19.5. The van der Waals surface area contributed by atoms with Crippen LogP contribution in [-0.4, -0.2) is 59.9 Å². The number of aromatic nitrogens is 1. The van der Waals surface area contributed by atoms with Crippen molar-refractivity contribution in [2.24, 2.45) is 5.10 Å². The van der Waals surface area contributed by atoms with Crippen LogP contribution in [0.25, 0.3) is 0 Å². The average molecular weight is 385 g/mol. The van der Waals surface area contributed by atoms with E-state index < -0.39 is 18.0 Å². The smallest absolute Gasteiger partial charge is 0.414 e. The second-order valence-electron chi connectivity index (χ2n) is 6.57. The number of aliphatic hydroxyl groups excluding tert-OH is 1. The van der Waals surface area contributed by atoms with Gasteiger partial charge in [0.15, 0.2) is 0 Å². The molecule has 2 aliphatic heterocycles. The summed E-state index contributed by atoms with van der Waals surface area (Å²) in [6, 6.07) is 10.3. The molecule has 9 heteroatoms. The maximum absolute atomic E-state index is 14.7. The first-order valence-electron chi connectivity index (χ1n) is 8.98. The maximum atomic E-state index is 14.7. The second-order valence-corrected chi connectivity index (χ2v) is 6.57. The van der Waals surface area contributed by atoms with Gasteiger partial charge in [0.2, 0.25) is 0 Å². The predicted molar refractivity (Wildman–Crippen MR) is 102 cm³/mol. The summed E-state index contributed by atoms with van der Waals surface area (Å²) in [7, 11) is 0. The molecule has 1 N–H and O–H groups in total. The van der Waals surface area contributed by atoms with E-state index in [1.807, 2.05) is 23.2 Å². The van der Waals surface area contributed by atoms with Gasteiger partial charge in [-0.3, -0.25) is 14.9 Å². The number of carbonyl (C=O) groups is 1. The fourth-order valence-electron chi connectivity index (χ4n) is 3.18. The summed E-state index contributed by atoms with van der Waals surface area (Å²) in [5.74, 6) is -0.456. The summed E-state index contributed by atoms with van der Waals surface area (Å²) in [5, 5.41) is 15.4. The SMILES string of the molecule is O=C1O[C@@H](CO)CN1c1ccc(N2C=NN(Cc3ccccn3)CC2)c(F)c1. The molecule has 0 spiro atoms. The van der Waals surface area contributed by atoms with Crippen molar-refractivity contribution in [3.8, 4) is 0 Å². The van der Waals surface area contributed by atoms with Crippen LogP contribution in [0.2, 0.25) is 0 Å². The number of hydrazone groups is 1. The van der Waals surface area contributed by atoms with Crippen LogP contribution in [0.4, 0.5) is 20.6 Å². The van der Waals surface area contributed by atoms with Gasteiger partial charge in [-0.05, 0) is 30.3 Å². The molecule has 1 saturated heterocycles. The zero-order valence-corrected chi connectivity index (χ0v) is 15.1. The van der Waals surface area contributed by atoms with Gasteiger partial charge in [-0.1, -0.05) is 6.07 Å². The molecule has 28 heavy (non-hydrogen) atoms. The van der Waals surface area contributed by atoms with Crippen molar-refractivity contribution in [2.75, 3.05) is 36.0 Å². The molecule has 8 nitrogen and oxygen atoms in total. The van der Waals surface area contributed by atoms with E-state index >= 15 is 0 Å². The third-order valence-corrected chi connectivity index (χ3v) is 4.65. The van der Waals surface area contributed by atoms with Crippen LogP contribution < -0.4 is 9.80 Å². The van der Waals surface area contributed by atoms with E-state index in [2.05, 4.69) is 10.1 Å². The molecule has 2 aromatic rings. The standard InChI is InChI=1S/C19H20FN5O3/c20-17-9-15(25-11-16(12-26)28-19(25)27)4-5-18(17)23-7-8-24(22-13-23)10-14-3-1-2-6-21-14/h1-6,9,13,16,26H,7-8,10-12H2/t16-/m1/s1. The van der Waals surface area contributed by atoms with E-state index in [1.54, 1.807) is 29.6 Å². The van der Waals surface area contributed by atoms with Gasteiger partial charge in [-0.15, -0.1) is 0 Å². The highest BCUT2D eigenvalue weighted by Crippen LogP contribution is 2.28. The third kappa shape index (κ3) is 3.74. The Labute approximate surface area is 161 Å². The Bertz CT molecular complexity index is 879. The first kappa shape index (κ1) is 18.2. The zero-order valence-electron chi connectivity index (χ0n) is 15.1. The van der Waals surface area contributed by atoms with Crippen LogP contribution in [0, 0.1) is 5.82 Å². The van der Waals surface area contributed by atoms with Crippen molar-refractivity contribution in [3.05, 3.63) is 54.1 Å². The molecule has 4 rings (SSSR count). The lowest BCUT2D eigenvalue weighted by Gasteiger charge is -2.30. The van der Waals surface area contributed by atoms with Gasteiger partial charge in [-0.2, -0.15) is 5.10 Å². The summed E-state index contributed by atoms with van der Waals surface area (Å²) in [4.78, 5) is 19.2. The molecule has 3 heterocycles. The lowest BCUT2D eigenvalue weighted by atomic mass is 10.2. The van der Waals surface area contributed by atoms with E-state index in [1.165, 1.54) is 11.0 Å². The van der Waals surface area contributed by atoms with Crippen molar-refractivity contribution in [1.29, 1.82) is 0 Å². The van der Waals surface area contributed by atoms with Gasteiger partial charge in [0.25, 0.3) is 0 Å². The Hall–Kier alpha value is -3.20. The minimum Gasteiger partial charge on any atom is -0.441 e. The fourth-order valence-corrected chi connectivity index (χ4v) is 3.18. The van der Waals surface area contributed by atoms with Gasteiger partial charge in [-0.25, -0.2) is 9.18 Å². The summed E-state index contributed by atoms with van der Waals surface area (Å²) in [5.41, 5.74) is 1.70. The van der Waals surface area contributed by atoms with Crippen molar-refractivity contribution >= 4 is 23.8 Å². The first-order chi connectivity index (χ1) is 13.6. The molecule has 146 valence electrons. The molecule has 1 fully saturated rings. The Morgan fingerprint density at radius 3 is 2.79 bits per heavy atom. The second kappa shape index (κ2) is 7.81. The van der Waals surface area contributed by atoms with E-state index in [9.17, 15) is 9.18 Å². The number of hydrogen-bond acceptors (Lipinski definition) is 7. The molecule has 0 aliphatic carbocycles. The molecule has 0 radical (unpaired) electrons. The number of cyclic esters (lactones) is 1. The summed E-state index contributed by atoms with van der Waals surface area (Å²) in [6.45, 7) is 1.73. The molecular weight excluding hydrogens is 365 g/mol. The van der Waals surface area contributed by atoms with Gasteiger partial charge in [0, 0.05) is 12.7 Å². The number of amides is 1. The van der Waals surface area contributed by atoms with Crippen LogP contribution in [0.1, 0.15) is 5.69 Å². The monoisotopic (exact) mass is 385 g/mol. The third-order valence-electron chi connectivity index (χ3n) is 4.65. The lowest BCUT2D eigenvalue weighted by Crippen LogP contribution is -2.38. The van der Waals surface area contributed by atoms with Gasteiger partial charge < -0.3 is 14.7 Å². The van der Waals surface area contributed by atoms with E-state index in [4.69, 9.17) is 9.84 Å². The minimum atomic E-state index is -0.588. The number of nitrogens with zero attached hydrogens (tertiary/aromatic N) is 5. The first-order valence-corrected chi connectivity index (χ1v) is 8.98. The highest BCUT2D eigenvalue weighted by molar-refractivity contribution is 5.90. The average Bonchev–Trinajstić information content (AvgIpc) is 3.10. The number of benzene rings is 1. The number of halogens is 1. The number of carbonyl (C=O) groups excluding carboxylic acids is 1. The van der Waals surface area contributed by atoms with E-state index in [0.717, 1.165) is 5.69 Å². The highest BCUT2D eigenvalue weighted by Gasteiger charge is 2.32.